The van der Waals surface area contributed by atoms with Crippen LogP contribution in [0.15, 0.2) is 12.5 Å². The SMILES string of the molecule is CCNc1ncc(Cl)c(-n2cnc(C)c2C)n1. The fourth-order valence-corrected chi connectivity index (χ4v) is 1.66. The van der Waals surface area contributed by atoms with E-state index in [0.717, 1.165) is 17.9 Å². The van der Waals surface area contributed by atoms with Gasteiger partial charge in [-0.05, 0) is 20.8 Å². The quantitative estimate of drug-likeness (QED) is 0.910. The molecule has 2 rings (SSSR count). The third kappa shape index (κ3) is 2.24. The largest absolute Gasteiger partial charge is 0.354 e. The Kier molecular flexibility index (Phi) is 3.28. The van der Waals surface area contributed by atoms with E-state index in [-0.39, 0.29) is 0 Å². The summed E-state index contributed by atoms with van der Waals surface area (Å²) in [6.07, 6.45) is 3.31. The summed E-state index contributed by atoms with van der Waals surface area (Å²) in [7, 11) is 0. The summed E-state index contributed by atoms with van der Waals surface area (Å²) in [4.78, 5) is 12.7. The fourth-order valence-electron chi connectivity index (χ4n) is 1.48. The van der Waals surface area contributed by atoms with Gasteiger partial charge >= 0.3 is 0 Å². The predicted octanol–water partition coefficient (Wildman–Crippen LogP) is 2.36. The average Bonchev–Trinajstić information content (AvgIpc) is 2.63. The maximum Gasteiger partial charge on any atom is 0.224 e. The minimum Gasteiger partial charge on any atom is -0.354 e. The number of imidazole rings is 1. The maximum atomic E-state index is 6.11. The van der Waals surface area contributed by atoms with Crippen LogP contribution in [0.2, 0.25) is 5.02 Å². The van der Waals surface area contributed by atoms with Gasteiger partial charge in [0.1, 0.15) is 11.3 Å². The van der Waals surface area contributed by atoms with Gasteiger partial charge in [-0.1, -0.05) is 11.6 Å². The number of rotatable bonds is 3. The Hall–Kier alpha value is -1.62. The van der Waals surface area contributed by atoms with E-state index in [9.17, 15) is 0 Å². The lowest BCUT2D eigenvalue weighted by molar-refractivity contribution is 0.931. The molecular formula is C11H14ClN5. The molecule has 0 aliphatic carbocycles. The molecule has 0 amide bonds. The molecule has 0 saturated carbocycles. The van der Waals surface area contributed by atoms with E-state index in [1.807, 2.05) is 25.3 Å². The zero-order chi connectivity index (χ0) is 12.4. The molecule has 0 bridgehead atoms. The van der Waals surface area contributed by atoms with Gasteiger partial charge in [0.2, 0.25) is 5.95 Å². The molecule has 17 heavy (non-hydrogen) atoms. The van der Waals surface area contributed by atoms with Gasteiger partial charge in [0, 0.05) is 12.2 Å². The lowest BCUT2D eigenvalue weighted by Gasteiger charge is -2.08. The minimum absolute atomic E-state index is 0.507. The van der Waals surface area contributed by atoms with Crippen LogP contribution in [0.5, 0.6) is 0 Å². The second kappa shape index (κ2) is 4.71. The van der Waals surface area contributed by atoms with E-state index in [2.05, 4.69) is 20.3 Å². The third-order valence-corrected chi connectivity index (χ3v) is 2.81. The van der Waals surface area contributed by atoms with Gasteiger partial charge in [-0.15, -0.1) is 0 Å². The van der Waals surface area contributed by atoms with Gasteiger partial charge in [-0.25, -0.2) is 9.97 Å². The molecule has 0 radical (unpaired) electrons. The van der Waals surface area contributed by atoms with E-state index in [1.165, 1.54) is 0 Å². The Bertz CT molecular complexity index is 535. The maximum absolute atomic E-state index is 6.11. The Morgan fingerprint density at radius 3 is 2.71 bits per heavy atom. The first kappa shape index (κ1) is 11.9. The highest BCUT2D eigenvalue weighted by Crippen LogP contribution is 2.20. The van der Waals surface area contributed by atoms with Crippen LogP contribution >= 0.6 is 11.6 Å². The highest BCUT2D eigenvalue weighted by atomic mass is 35.5. The molecule has 6 heteroatoms. The molecule has 2 aromatic rings. The number of halogens is 1. The normalized spacial score (nSPS) is 10.6. The van der Waals surface area contributed by atoms with Crippen molar-refractivity contribution >= 4 is 17.5 Å². The molecule has 0 aromatic carbocycles. The molecule has 0 aliphatic heterocycles. The molecule has 2 heterocycles. The lowest BCUT2D eigenvalue weighted by Crippen LogP contribution is -2.06. The molecule has 90 valence electrons. The number of hydrogen-bond acceptors (Lipinski definition) is 4. The van der Waals surface area contributed by atoms with Gasteiger partial charge in [0.25, 0.3) is 0 Å². The number of nitrogens with zero attached hydrogens (tertiary/aromatic N) is 4. The number of hydrogen-bond donors (Lipinski definition) is 1. The van der Waals surface area contributed by atoms with Gasteiger partial charge in [-0.3, -0.25) is 4.57 Å². The van der Waals surface area contributed by atoms with Gasteiger partial charge < -0.3 is 5.32 Å². The number of aryl methyl sites for hydroxylation is 1. The van der Waals surface area contributed by atoms with Crippen molar-refractivity contribution in [1.29, 1.82) is 0 Å². The topological polar surface area (TPSA) is 55.6 Å². The van der Waals surface area contributed by atoms with Crippen LogP contribution in [-0.2, 0) is 0 Å². The van der Waals surface area contributed by atoms with Crippen LogP contribution in [0.25, 0.3) is 5.82 Å². The van der Waals surface area contributed by atoms with Crippen LogP contribution in [0.1, 0.15) is 18.3 Å². The first-order valence-corrected chi connectivity index (χ1v) is 5.78. The van der Waals surface area contributed by atoms with Crippen LogP contribution in [0.3, 0.4) is 0 Å². The predicted molar refractivity (Wildman–Crippen MR) is 67.8 cm³/mol. The van der Waals surface area contributed by atoms with Crippen LogP contribution in [0, 0.1) is 13.8 Å². The summed E-state index contributed by atoms with van der Waals surface area (Å²) >= 11 is 6.11. The van der Waals surface area contributed by atoms with Crippen molar-refractivity contribution in [3.63, 3.8) is 0 Å². The summed E-state index contributed by atoms with van der Waals surface area (Å²) < 4.78 is 1.86. The fraction of sp³-hybridized carbons (Fsp3) is 0.364. The van der Waals surface area contributed by atoms with E-state index < -0.39 is 0 Å². The summed E-state index contributed by atoms with van der Waals surface area (Å²) in [6.45, 7) is 6.69. The van der Waals surface area contributed by atoms with Crippen molar-refractivity contribution < 1.29 is 0 Å². The lowest BCUT2D eigenvalue weighted by atomic mass is 10.4. The zero-order valence-electron chi connectivity index (χ0n) is 10.0. The molecule has 0 saturated heterocycles. The van der Waals surface area contributed by atoms with Crippen molar-refractivity contribution in [1.82, 2.24) is 19.5 Å². The second-order valence-corrected chi connectivity index (χ2v) is 4.09. The second-order valence-electron chi connectivity index (χ2n) is 3.68. The Morgan fingerprint density at radius 2 is 2.12 bits per heavy atom. The zero-order valence-corrected chi connectivity index (χ0v) is 10.8. The summed E-state index contributed by atoms with van der Waals surface area (Å²) in [5, 5.41) is 3.56. The van der Waals surface area contributed by atoms with Crippen molar-refractivity contribution in [3.8, 4) is 5.82 Å². The monoisotopic (exact) mass is 251 g/mol. The van der Waals surface area contributed by atoms with E-state index >= 15 is 0 Å². The molecule has 2 aromatic heterocycles. The van der Waals surface area contributed by atoms with E-state index in [0.29, 0.717) is 16.8 Å². The Labute approximate surface area is 105 Å². The van der Waals surface area contributed by atoms with Crippen LogP contribution in [-0.4, -0.2) is 26.1 Å². The first-order chi connectivity index (χ1) is 8.13. The Morgan fingerprint density at radius 1 is 1.35 bits per heavy atom. The van der Waals surface area contributed by atoms with E-state index in [4.69, 9.17) is 11.6 Å². The molecule has 0 atom stereocenters. The molecule has 1 N–H and O–H groups in total. The number of aromatic nitrogens is 4. The molecule has 0 spiro atoms. The highest BCUT2D eigenvalue weighted by molar-refractivity contribution is 6.32. The molecule has 0 aliphatic rings. The third-order valence-electron chi connectivity index (χ3n) is 2.54. The number of nitrogens with one attached hydrogen (secondary N) is 1. The Balaban J connectivity index is 2.50. The summed E-state index contributed by atoms with van der Waals surface area (Å²) in [5.74, 6) is 1.22. The molecule has 5 nitrogen and oxygen atoms in total. The molecule has 0 fully saturated rings. The smallest absolute Gasteiger partial charge is 0.224 e. The highest BCUT2D eigenvalue weighted by Gasteiger charge is 2.11. The summed E-state index contributed by atoms with van der Waals surface area (Å²) in [6, 6.07) is 0. The van der Waals surface area contributed by atoms with Crippen LogP contribution < -0.4 is 5.32 Å². The van der Waals surface area contributed by atoms with Gasteiger partial charge in [0.15, 0.2) is 5.82 Å². The summed E-state index contributed by atoms with van der Waals surface area (Å²) in [5.41, 5.74) is 1.98. The molecular weight excluding hydrogens is 238 g/mol. The van der Waals surface area contributed by atoms with E-state index in [1.54, 1.807) is 12.5 Å². The average molecular weight is 252 g/mol. The van der Waals surface area contributed by atoms with Crippen molar-refractivity contribution in [3.05, 3.63) is 28.9 Å². The minimum atomic E-state index is 0.507. The first-order valence-electron chi connectivity index (χ1n) is 5.40. The van der Waals surface area contributed by atoms with Gasteiger partial charge in [-0.2, -0.15) is 4.98 Å². The van der Waals surface area contributed by atoms with Gasteiger partial charge in [0.05, 0.1) is 11.9 Å². The van der Waals surface area contributed by atoms with Crippen LogP contribution in [0.4, 0.5) is 5.95 Å². The van der Waals surface area contributed by atoms with Crippen molar-refractivity contribution in [2.24, 2.45) is 0 Å². The molecule has 0 unspecified atom stereocenters. The standard InChI is InChI=1S/C11H14ClN5/c1-4-13-11-14-5-9(12)10(16-11)17-6-15-7(2)8(17)3/h5-6H,4H2,1-3H3,(H,13,14,16). The van der Waals surface area contributed by atoms with Crippen molar-refractivity contribution in [2.45, 2.75) is 20.8 Å². The number of anilines is 1. The van der Waals surface area contributed by atoms with Crippen molar-refractivity contribution in [2.75, 3.05) is 11.9 Å².